The normalized spacial score (nSPS) is 17.1. The Labute approximate surface area is 121 Å². The summed E-state index contributed by atoms with van der Waals surface area (Å²) in [6, 6.07) is 6.37. The Hall–Kier alpha value is -0.730. The van der Waals surface area contributed by atoms with Crippen LogP contribution in [0.5, 0.6) is 0 Å². The van der Waals surface area contributed by atoms with E-state index in [0.717, 1.165) is 30.3 Å². The Kier molecular flexibility index (Phi) is 5.12. The summed E-state index contributed by atoms with van der Waals surface area (Å²) in [6.07, 6.45) is 5.97. The topological polar surface area (TPSA) is 29.3 Å². The molecule has 0 radical (unpaired) electrons. The van der Waals surface area contributed by atoms with Crippen molar-refractivity contribution in [3.8, 4) is 0 Å². The van der Waals surface area contributed by atoms with Crippen molar-refractivity contribution in [2.24, 2.45) is 11.7 Å². The highest BCUT2D eigenvalue weighted by Crippen LogP contribution is 2.32. The minimum atomic E-state index is 0.191. The largest absolute Gasteiger partial charge is 0.374 e. The van der Waals surface area contributed by atoms with E-state index in [9.17, 15) is 0 Å². The summed E-state index contributed by atoms with van der Waals surface area (Å²) in [5.74, 6) is 0.858. The lowest BCUT2D eigenvalue weighted by Gasteiger charge is -2.32. The van der Waals surface area contributed by atoms with Crippen LogP contribution in [0.25, 0.3) is 0 Å². The maximum absolute atomic E-state index is 6.38. The van der Waals surface area contributed by atoms with Gasteiger partial charge in [-0.1, -0.05) is 31.0 Å². The minimum Gasteiger partial charge on any atom is -0.374 e. The lowest BCUT2D eigenvalue weighted by molar-refractivity contribution is 0.321. The van der Waals surface area contributed by atoms with Gasteiger partial charge in [-0.05, 0) is 49.3 Å². The summed E-state index contributed by atoms with van der Waals surface area (Å²) in [6.45, 7) is 3.26. The van der Waals surface area contributed by atoms with Crippen LogP contribution in [-0.2, 0) is 6.42 Å². The van der Waals surface area contributed by atoms with Crippen LogP contribution in [0.15, 0.2) is 18.2 Å². The van der Waals surface area contributed by atoms with Crippen LogP contribution in [0.2, 0.25) is 5.02 Å². The quantitative estimate of drug-likeness (QED) is 0.857. The van der Waals surface area contributed by atoms with Gasteiger partial charge in [0.15, 0.2) is 0 Å². The molecule has 3 heteroatoms. The Balaban J connectivity index is 2.15. The number of rotatable bonds is 6. The van der Waals surface area contributed by atoms with E-state index in [1.807, 2.05) is 12.1 Å². The van der Waals surface area contributed by atoms with E-state index in [-0.39, 0.29) is 6.04 Å². The number of nitrogens with zero attached hydrogens (tertiary/aromatic N) is 1. The lowest BCUT2D eigenvalue weighted by atomic mass is 9.85. The molecular weight excluding hydrogens is 256 g/mol. The fourth-order valence-corrected chi connectivity index (χ4v) is 2.92. The van der Waals surface area contributed by atoms with Crippen molar-refractivity contribution < 1.29 is 0 Å². The number of hydrogen-bond acceptors (Lipinski definition) is 2. The highest BCUT2D eigenvalue weighted by atomic mass is 35.5. The molecule has 0 aromatic heterocycles. The molecule has 1 fully saturated rings. The smallest absolute Gasteiger partial charge is 0.0459 e. The molecule has 1 aliphatic carbocycles. The van der Waals surface area contributed by atoms with Gasteiger partial charge in [0, 0.05) is 30.3 Å². The molecule has 1 aliphatic rings. The standard InChI is InChI=1S/C16H25ClN2/c1-3-13(18)10-14-15(17)8-5-9-16(14)19(2)11-12-6-4-7-12/h5,8-9,12-13H,3-4,6-7,10-11,18H2,1-2H3. The summed E-state index contributed by atoms with van der Waals surface area (Å²) in [5, 5.41) is 0.849. The molecular formula is C16H25ClN2. The third-order valence-electron chi connectivity index (χ3n) is 4.25. The minimum absolute atomic E-state index is 0.191. The number of benzene rings is 1. The third kappa shape index (κ3) is 3.64. The number of nitrogens with two attached hydrogens (primary N) is 1. The average Bonchev–Trinajstić information content (AvgIpc) is 2.35. The number of anilines is 1. The van der Waals surface area contributed by atoms with Crippen molar-refractivity contribution in [1.82, 2.24) is 0 Å². The molecule has 0 spiro atoms. The summed E-state index contributed by atoms with van der Waals surface area (Å²) in [7, 11) is 2.17. The summed E-state index contributed by atoms with van der Waals surface area (Å²) in [5.41, 5.74) is 8.57. The van der Waals surface area contributed by atoms with E-state index < -0.39 is 0 Å². The first-order valence-electron chi connectivity index (χ1n) is 7.36. The van der Waals surface area contributed by atoms with Crippen molar-refractivity contribution in [2.75, 3.05) is 18.5 Å². The summed E-state index contributed by atoms with van der Waals surface area (Å²) in [4.78, 5) is 2.35. The van der Waals surface area contributed by atoms with Crippen LogP contribution in [-0.4, -0.2) is 19.6 Å². The highest BCUT2D eigenvalue weighted by molar-refractivity contribution is 6.31. The van der Waals surface area contributed by atoms with Crippen LogP contribution in [0.1, 0.15) is 38.2 Å². The number of halogens is 1. The lowest BCUT2D eigenvalue weighted by Crippen LogP contribution is -2.31. The predicted octanol–water partition coefficient (Wildman–Crippen LogP) is 3.86. The van der Waals surface area contributed by atoms with Gasteiger partial charge in [0.1, 0.15) is 0 Å². The van der Waals surface area contributed by atoms with Crippen molar-refractivity contribution in [3.63, 3.8) is 0 Å². The summed E-state index contributed by atoms with van der Waals surface area (Å²) < 4.78 is 0. The van der Waals surface area contributed by atoms with Gasteiger partial charge in [-0.2, -0.15) is 0 Å². The molecule has 2 nitrogen and oxygen atoms in total. The van der Waals surface area contributed by atoms with Crippen LogP contribution in [0, 0.1) is 5.92 Å². The molecule has 1 aromatic rings. The first-order valence-corrected chi connectivity index (χ1v) is 7.73. The molecule has 2 N–H and O–H groups in total. The molecule has 1 aromatic carbocycles. The fourth-order valence-electron chi connectivity index (χ4n) is 2.67. The van der Waals surface area contributed by atoms with Crippen LogP contribution in [0.4, 0.5) is 5.69 Å². The van der Waals surface area contributed by atoms with Gasteiger partial charge in [0.2, 0.25) is 0 Å². The van der Waals surface area contributed by atoms with E-state index in [1.165, 1.54) is 30.5 Å². The zero-order valence-electron chi connectivity index (χ0n) is 12.0. The monoisotopic (exact) mass is 280 g/mol. The van der Waals surface area contributed by atoms with Gasteiger partial charge in [-0.15, -0.1) is 0 Å². The van der Waals surface area contributed by atoms with Gasteiger partial charge >= 0.3 is 0 Å². The van der Waals surface area contributed by atoms with E-state index in [2.05, 4.69) is 24.9 Å². The molecule has 0 amide bonds. The van der Waals surface area contributed by atoms with Crippen molar-refractivity contribution in [1.29, 1.82) is 0 Å². The zero-order chi connectivity index (χ0) is 13.8. The molecule has 0 bridgehead atoms. The SMILES string of the molecule is CCC(N)Cc1c(Cl)cccc1N(C)CC1CCC1. The van der Waals surface area contributed by atoms with Gasteiger partial charge in [0.05, 0.1) is 0 Å². The van der Waals surface area contributed by atoms with Gasteiger partial charge in [-0.25, -0.2) is 0 Å². The van der Waals surface area contributed by atoms with Crippen LogP contribution >= 0.6 is 11.6 Å². The van der Waals surface area contributed by atoms with Gasteiger partial charge in [0.25, 0.3) is 0 Å². The third-order valence-corrected chi connectivity index (χ3v) is 4.61. The second-order valence-electron chi connectivity index (χ2n) is 5.79. The molecule has 2 rings (SSSR count). The Morgan fingerprint density at radius 2 is 2.16 bits per heavy atom. The highest BCUT2D eigenvalue weighted by Gasteiger charge is 2.21. The molecule has 1 unspecified atom stereocenters. The maximum Gasteiger partial charge on any atom is 0.0459 e. The Morgan fingerprint density at radius 3 is 2.74 bits per heavy atom. The molecule has 0 saturated heterocycles. The van der Waals surface area contributed by atoms with Crippen molar-refractivity contribution in [3.05, 3.63) is 28.8 Å². The second kappa shape index (κ2) is 6.62. The fraction of sp³-hybridized carbons (Fsp3) is 0.625. The Morgan fingerprint density at radius 1 is 1.42 bits per heavy atom. The van der Waals surface area contributed by atoms with Gasteiger partial charge < -0.3 is 10.6 Å². The van der Waals surface area contributed by atoms with E-state index in [0.29, 0.717) is 0 Å². The van der Waals surface area contributed by atoms with Crippen molar-refractivity contribution >= 4 is 17.3 Å². The molecule has 106 valence electrons. The average molecular weight is 281 g/mol. The second-order valence-corrected chi connectivity index (χ2v) is 6.19. The van der Waals surface area contributed by atoms with Gasteiger partial charge in [-0.3, -0.25) is 0 Å². The van der Waals surface area contributed by atoms with Crippen molar-refractivity contribution in [2.45, 2.75) is 45.1 Å². The molecule has 1 atom stereocenters. The van der Waals surface area contributed by atoms with Crippen LogP contribution < -0.4 is 10.6 Å². The molecule has 19 heavy (non-hydrogen) atoms. The van der Waals surface area contributed by atoms with E-state index in [1.54, 1.807) is 0 Å². The first kappa shape index (κ1) is 14.7. The predicted molar refractivity (Wildman–Crippen MR) is 84.0 cm³/mol. The summed E-state index contributed by atoms with van der Waals surface area (Å²) >= 11 is 6.38. The maximum atomic E-state index is 6.38. The molecule has 0 heterocycles. The van der Waals surface area contributed by atoms with E-state index >= 15 is 0 Å². The number of hydrogen-bond donors (Lipinski definition) is 1. The Bertz CT molecular complexity index is 415. The van der Waals surface area contributed by atoms with E-state index in [4.69, 9.17) is 17.3 Å². The van der Waals surface area contributed by atoms with Crippen LogP contribution in [0.3, 0.4) is 0 Å². The first-order chi connectivity index (χ1) is 9.11. The zero-order valence-corrected chi connectivity index (χ0v) is 12.8. The molecule has 0 aliphatic heterocycles. The molecule has 1 saturated carbocycles.